The molecule has 1 saturated heterocycles. The van der Waals surface area contributed by atoms with Gasteiger partial charge in [0.25, 0.3) is 5.91 Å². The Hall–Kier alpha value is -4.46. The number of amides is 4. The maximum atomic E-state index is 14.9. The van der Waals surface area contributed by atoms with Gasteiger partial charge in [0.05, 0.1) is 30.5 Å². The van der Waals surface area contributed by atoms with Crippen molar-refractivity contribution in [3.05, 3.63) is 28.6 Å². The molecule has 4 N–H and O–H groups in total. The van der Waals surface area contributed by atoms with Crippen molar-refractivity contribution in [1.29, 1.82) is 0 Å². The van der Waals surface area contributed by atoms with Crippen LogP contribution in [0.25, 0.3) is 22.3 Å². The molecule has 2 aromatic heterocycles. The summed E-state index contributed by atoms with van der Waals surface area (Å²) in [4.78, 5) is 67.6. The van der Waals surface area contributed by atoms with E-state index in [2.05, 4.69) is 20.7 Å². The number of thiazole rings is 1. The highest BCUT2D eigenvalue weighted by Crippen LogP contribution is 2.48. The zero-order valence-corrected chi connectivity index (χ0v) is 40.9. The Kier molecular flexibility index (Phi) is 14.1. The zero-order valence-electron chi connectivity index (χ0n) is 38.5. The molecule has 20 heteroatoms. The predicted octanol–water partition coefficient (Wildman–Crippen LogP) is 7.12. The highest BCUT2D eigenvalue weighted by Gasteiger charge is 2.62. The SMILES string of the molecule is CCCC1(OS(=O)(=O)NC(=O)[C@@]2(NC(=O)[C@@H]3C[C@@H](Oc4cc(-c5csc(NC(C)C)n5)nc5c(Cl)c(OC)ccc45)CN3C(=O)[C@@H](NC(=O)OC(C)(C)C)C(C)(C)C)CC2CC)CC1. The summed E-state index contributed by atoms with van der Waals surface area (Å²) >= 11 is 8.27. The van der Waals surface area contributed by atoms with Crippen LogP contribution in [0.4, 0.5) is 9.93 Å². The van der Waals surface area contributed by atoms with Gasteiger partial charge in [-0.1, -0.05) is 59.1 Å². The predicted molar refractivity (Wildman–Crippen MR) is 245 cm³/mol. The highest BCUT2D eigenvalue weighted by molar-refractivity contribution is 7.85. The van der Waals surface area contributed by atoms with Gasteiger partial charge in [-0.25, -0.2) is 23.7 Å². The molecule has 1 aromatic carbocycles. The van der Waals surface area contributed by atoms with Crippen LogP contribution >= 0.6 is 22.9 Å². The average Bonchev–Trinajstić information content (AvgIpc) is 3.97. The van der Waals surface area contributed by atoms with Crippen molar-refractivity contribution in [1.82, 2.24) is 30.2 Å². The molecule has 3 aromatic rings. The number of halogens is 1. The van der Waals surface area contributed by atoms with E-state index in [9.17, 15) is 27.6 Å². The van der Waals surface area contributed by atoms with Crippen molar-refractivity contribution in [2.75, 3.05) is 19.0 Å². The van der Waals surface area contributed by atoms with Crippen LogP contribution in [0.1, 0.15) is 114 Å². The summed E-state index contributed by atoms with van der Waals surface area (Å²) in [6.45, 7) is 18.1. The number of anilines is 1. The van der Waals surface area contributed by atoms with Gasteiger partial charge >= 0.3 is 16.4 Å². The van der Waals surface area contributed by atoms with Crippen molar-refractivity contribution in [3.8, 4) is 22.9 Å². The molecule has 352 valence electrons. The van der Waals surface area contributed by atoms with Gasteiger partial charge in [-0.05, 0) is 83.8 Å². The molecule has 64 heavy (non-hydrogen) atoms. The smallest absolute Gasteiger partial charge is 0.408 e. The van der Waals surface area contributed by atoms with Crippen LogP contribution in [-0.4, -0.2) is 102 Å². The number of rotatable bonds is 17. The number of methoxy groups -OCH3 is 1. The molecular formula is C44H62ClN7O10S2. The molecule has 3 fully saturated rings. The summed E-state index contributed by atoms with van der Waals surface area (Å²) in [5.41, 5.74) is -2.77. The topological polar surface area (TPSA) is 216 Å². The second kappa shape index (κ2) is 18.4. The van der Waals surface area contributed by atoms with Gasteiger partial charge < -0.3 is 35.1 Å². The van der Waals surface area contributed by atoms with Crippen molar-refractivity contribution in [3.63, 3.8) is 0 Å². The standard InChI is InChI=1S/C44H62ClN7O10S2/c1-12-16-43(17-18-43)62-64(57,58)51-38(55)44(21-25(44)13-2)50-36(53)30-19-26(22-52(30)37(54)35(41(5,6)7)49-40(56)61-42(8,9)10)60-32-20-28(29-23-63-39(48-29)46-24(3)4)47-34-27(32)14-15-31(59-11)33(34)45/h14-15,20,23-26,30,35H,12-13,16-19,21-22H2,1-11H3,(H,46,48)(H,49,56)(H,50,53)(H,51,55)/t25?,26-,30+,35-,44-/m1/s1. The van der Waals surface area contributed by atoms with E-state index in [1.54, 1.807) is 59.7 Å². The van der Waals surface area contributed by atoms with Crippen molar-refractivity contribution >= 4 is 73.1 Å². The lowest BCUT2D eigenvalue weighted by Gasteiger charge is -2.36. The molecule has 3 aliphatic rings. The maximum Gasteiger partial charge on any atom is 0.408 e. The third-order valence-electron chi connectivity index (χ3n) is 11.5. The molecule has 1 unspecified atom stereocenters. The minimum Gasteiger partial charge on any atom is -0.495 e. The molecule has 3 heterocycles. The summed E-state index contributed by atoms with van der Waals surface area (Å²) < 4.78 is 51.7. The maximum absolute atomic E-state index is 14.9. The molecule has 1 aliphatic heterocycles. The van der Waals surface area contributed by atoms with Crippen LogP contribution in [0, 0.1) is 11.3 Å². The van der Waals surface area contributed by atoms with E-state index in [0.29, 0.717) is 71.0 Å². The Bertz CT molecular complexity index is 2380. The fourth-order valence-electron chi connectivity index (χ4n) is 8.14. The number of carbonyl (C=O) groups is 4. The molecule has 0 radical (unpaired) electrons. The van der Waals surface area contributed by atoms with E-state index in [-0.39, 0.29) is 30.5 Å². The average molecular weight is 949 g/mol. The molecule has 17 nitrogen and oxygen atoms in total. The van der Waals surface area contributed by atoms with Gasteiger partial charge in [0.2, 0.25) is 11.8 Å². The Morgan fingerprint density at radius 1 is 1.03 bits per heavy atom. The monoisotopic (exact) mass is 947 g/mol. The van der Waals surface area contributed by atoms with Gasteiger partial charge in [0, 0.05) is 29.3 Å². The molecule has 5 atom stereocenters. The fourth-order valence-corrected chi connectivity index (χ4v) is 10.4. The largest absolute Gasteiger partial charge is 0.495 e. The van der Waals surface area contributed by atoms with Gasteiger partial charge in [-0.3, -0.25) is 14.4 Å². The molecular weight excluding hydrogens is 886 g/mol. The lowest BCUT2D eigenvalue weighted by molar-refractivity contribution is -0.143. The van der Waals surface area contributed by atoms with Crippen molar-refractivity contribution in [2.45, 2.75) is 155 Å². The number of hydrogen-bond acceptors (Lipinski definition) is 14. The first-order chi connectivity index (χ1) is 29.8. The lowest BCUT2D eigenvalue weighted by Crippen LogP contribution is -2.60. The molecule has 2 aliphatic carbocycles. The number of benzene rings is 1. The number of likely N-dealkylation sites (tertiary alicyclic amines) is 1. The number of nitrogens with one attached hydrogen (secondary N) is 4. The third kappa shape index (κ3) is 11.1. The lowest BCUT2D eigenvalue weighted by atomic mass is 9.85. The number of ether oxygens (including phenoxy) is 3. The van der Waals surface area contributed by atoms with Crippen molar-refractivity contribution in [2.24, 2.45) is 11.3 Å². The van der Waals surface area contributed by atoms with Crippen LogP contribution in [0.3, 0.4) is 0 Å². The first-order valence-electron chi connectivity index (χ1n) is 21.8. The Morgan fingerprint density at radius 3 is 2.31 bits per heavy atom. The fraction of sp³-hybridized carbons (Fsp3) is 0.636. The van der Waals surface area contributed by atoms with Crippen LogP contribution in [-0.2, 0) is 33.6 Å². The molecule has 6 rings (SSSR count). The number of fused-ring (bicyclic) bond motifs is 1. The van der Waals surface area contributed by atoms with Gasteiger partial charge in [0.15, 0.2) is 5.13 Å². The van der Waals surface area contributed by atoms with Gasteiger partial charge in [-0.15, -0.1) is 11.3 Å². The normalized spacial score (nSPS) is 22.1. The van der Waals surface area contributed by atoms with E-state index in [0.717, 1.165) is 0 Å². The molecule has 4 amide bonds. The quantitative estimate of drug-likeness (QED) is 0.106. The Balaban J connectivity index is 1.35. The van der Waals surface area contributed by atoms with E-state index < -0.39 is 80.4 Å². The van der Waals surface area contributed by atoms with Crippen LogP contribution < -0.4 is 30.1 Å². The first kappa shape index (κ1) is 49.0. The number of aromatic nitrogens is 2. The third-order valence-corrected chi connectivity index (χ3v) is 13.7. The summed E-state index contributed by atoms with van der Waals surface area (Å²) in [5, 5.41) is 12.2. The number of pyridine rings is 1. The van der Waals surface area contributed by atoms with E-state index in [1.807, 2.05) is 33.1 Å². The van der Waals surface area contributed by atoms with Gasteiger partial charge in [-0.2, -0.15) is 8.42 Å². The second-order valence-corrected chi connectivity index (χ2v) is 21.9. The van der Waals surface area contributed by atoms with Crippen LogP contribution in [0.5, 0.6) is 11.5 Å². The van der Waals surface area contributed by atoms with E-state index in [4.69, 9.17) is 40.0 Å². The van der Waals surface area contributed by atoms with Gasteiger partial charge in [0.1, 0.15) is 51.5 Å². The van der Waals surface area contributed by atoms with Crippen LogP contribution in [0.2, 0.25) is 5.02 Å². The first-order valence-corrected chi connectivity index (χ1v) is 24.5. The number of hydrogen-bond donors (Lipinski definition) is 4. The van der Waals surface area contributed by atoms with Crippen LogP contribution in [0.15, 0.2) is 23.6 Å². The number of nitrogens with zero attached hydrogens (tertiary/aromatic N) is 3. The minimum atomic E-state index is -4.52. The summed E-state index contributed by atoms with van der Waals surface area (Å²) in [6, 6.07) is 2.92. The zero-order chi connectivity index (χ0) is 47.2. The second-order valence-electron chi connectivity index (χ2n) is 19.4. The Labute approximate surface area is 384 Å². The Morgan fingerprint density at radius 2 is 1.73 bits per heavy atom. The highest BCUT2D eigenvalue weighted by atomic mass is 35.5. The summed E-state index contributed by atoms with van der Waals surface area (Å²) in [6.07, 6.45) is 1.29. The van der Waals surface area contributed by atoms with E-state index in [1.165, 1.54) is 23.3 Å². The molecule has 0 bridgehead atoms. The van der Waals surface area contributed by atoms with E-state index >= 15 is 0 Å². The van der Waals surface area contributed by atoms with Crippen molar-refractivity contribution < 1.29 is 46.0 Å². The summed E-state index contributed by atoms with van der Waals surface area (Å²) in [7, 11) is -3.02. The molecule has 0 spiro atoms. The number of alkyl carbamates (subject to hydrolysis) is 1. The number of carbonyl (C=O) groups excluding carboxylic acids is 4. The molecule has 2 saturated carbocycles. The summed E-state index contributed by atoms with van der Waals surface area (Å²) in [5.74, 6) is -1.86. The minimum absolute atomic E-state index is 0.0431.